The molecule has 204 valence electrons. The third kappa shape index (κ3) is 12.5. The second-order valence-electron chi connectivity index (χ2n) is 8.23. The van der Waals surface area contributed by atoms with E-state index in [2.05, 4.69) is 20.9 Å². The number of carboxylic acid groups (broad SMARTS) is 1. The molecule has 36 heavy (non-hydrogen) atoms. The van der Waals surface area contributed by atoms with Gasteiger partial charge >= 0.3 is 5.97 Å². The number of aliphatic carboxylic acids is 1. The molecule has 0 aromatic rings. The number of aliphatic imine (C=N–C) groups is 1. The normalized spacial score (nSPS) is 14.8. The minimum atomic E-state index is -1.61. The molecule has 16 nitrogen and oxygen atoms in total. The predicted molar refractivity (Wildman–Crippen MR) is 128 cm³/mol. The van der Waals surface area contributed by atoms with Gasteiger partial charge in [-0.3, -0.25) is 29.0 Å². The van der Waals surface area contributed by atoms with Gasteiger partial charge in [0.1, 0.15) is 18.1 Å². The number of rotatable bonds is 17. The summed E-state index contributed by atoms with van der Waals surface area (Å²) in [5.41, 5.74) is 26.5. The number of hydrogen-bond donors (Lipinski definition) is 9. The second-order valence-corrected chi connectivity index (χ2v) is 8.23. The number of hydrogen-bond acceptors (Lipinski definition) is 8. The first-order valence-corrected chi connectivity index (χ1v) is 11.2. The van der Waals surface area contributed by atoms with E-state index in [1.54, 1.807) is 13.8 Å². The van der Waals surface area contributed by atoms with Gasteiger partial charge in [0.15, 0.2) is 5.96 Å². The fourth-order valence-corrected chi connectivity index (χ4v) is 2.96. The number of guanidine groups is 1. The summed E-state index contributed by atoms with van der Waals surface area (Å²) in [7, 11) is 0. The Morgan fingerprint density at radius 1 is 0.833 bits per heavy atom. The maximum atomic E-state index is 12.9. The van der Waals surface area contributed by atoms with Gasteiger partial charge in [-0.25, -0.2) is 4.79 Å². The van der Waals surface area contributed by atoms with Crippen molar-refractivity contribution in [2.75, 3.05) is 6.54 Å². The van der Waals surface area contributed by atoms with E-state index in [9.17, 15) is 33.9 Å². The van der Waals surface area contributed by atoms with E-state index in [0.717, 1.165) is 0 Å². The summed E-state index contributed by atoms with van der Waals surface area (Å²) in [6.45, 7) is 3.56. The van der Waals surface area contributed by atoms with Crippen LogP contribution < -0.4 is 44.6 Å². The van der Waals surface area contributed by atoms with Gasteiger partial charge in [-0.1, -0.05) is 20.3 Å². The molecule has 5 amide bonds. The number of nitrogens with two attached hydrogens (primary N) is 5. The molecule has 0 saturated heterocycles. The Kier molecular flexibility index (Phi) is 14.1. The van der Waals surface area contributed by atoms with Gasteiger partial charge in [-0.05, 0) is 18.8 Å². The van der Waals surface area contributed by atoms with Crippen LogP contribution in [0.3, 0.4) is 0 Å². The van der Waals surface area contributed by atoms with E-state index in [1.807, 2.05) is 0 Å². The highest BCUT2D eigenvalue weighted by atomic mass is 16.4. The lowest BCUT2D eigenvalue weighted by molar-refractivity contribution is -0.144. The third-order valence-corrected chi connectivity index (χ3v) is 5.16. The van der Waals surface area contributed by atoms with Crippen LogP contribution in [-0.2, 0) is 28.8 Å². The van der Waals surface area contributed by atoms with Crippen molar-refractivity contribution in [2.24, 2.45) is 39.6 Å². The van der Waals surface area contributed by atoms with Crippen LogP contribution in [0.25, 0.3) is 0 Å². The highest BCUT2D eigenvalue weighted by Gasteiger charge is 2.33. The Bertz CT molecular complexity index is 845. The Morgan fingerprint density at radius 2 is 1.36 bits per heavy atom. The molecule has 0 aromatic carbocycles. The van der Waals surface area contributed by atoms with Gasteiger partial charge in [0.05, 0.1) is 18.9 Å². The van der Waals surface area contributed by atoms with Crippen molar-refractivity contribution in [3.8, 4) is 0 Å². The van der Waals surface area contributed by atoms with E-state index in [4.69, 9.17) is 28.7 Å². The molecule has 16 heteroatoms. The van der Waals surface area contributed by atoms with Crippen molar-refractivity contribution in [1.82, 2.24) is 16.0 Å². The Balaban J connectivity index is 5.49. The minimum Gasteiger partial charge on any atom is -0.480 e. The van der Waals surface area contributed by atoms with E-state index >= 15 is 0 Å². The number of primary amides is 2. The summed E-state index contributed by atoms with van der Waals surface area (Å²) in [5.74, 6) is -6.54. The van der Waals surface area contributed by atoms with Crippen molar-refractivity contribution in [2.45, 2.75) is 70.1 Å². The smallest absolute Gasteiger partial charge is 0.326 e. The largest absolute Gasteiger partial charge is 0.480 e. The lowest BCUT2D eigenvalue weighted by atomic mass is 9.97. The zero-order valence-corrected chi connectivity index (χ0v) is 20.4. The molecule has 5 unspecified atom stereocenters. The molecule has 0 rings (SSSR count). The number of nitrogens with zero attached hydrogens (tertiary/aromatic N) is 1. The van der Waals surface area contributed by atoms with E-state index < -0.39 is 78.4 Å². The van der Waals surface area contributed by atoms with Crippen molar-refractivity contribution < 1.29 is 33.9 Å². The molecule has 0 bridgehead atoms. The highest BCUT2D eigenvalue weighted by Crippen LogP contribution is 2.10. The van der Waals surface area contributed by atoms with Crippen LogP contribution in [0.5, 0.6) is 0 Å². The number of nitrogens with one attached hydrogen (secondary N) is 3. The monoisotopic (exact) mass is 515 g/mol. The van der Waals surface area contributed by atoms with Gasteiger partial charge in [-0.15, -0.1) is 0 Å². The Labute approximate surface area is 208 Å². The average molecular weight is 516 g/mol. The van der Waals surface area contributed by atoms with Crippen LogP contribution in [0.15, 0.2) is 4.99 Å². The van der Waals surface area contributed by atoms with E-state index in [1.165, 1.54) is 0 Å². The fraction of sp³-hybridized carbons (Fsp3) is 0.650. The molecule has 0 aliphatic rings. The van der Waals surface area contributed by atoms with Gasteiger partial charge in [0.2, 0.25) is 29.5 Å². The molecule has 0 fully saturated rings. The van der Waals surface area contributed by atoms with Gasteiger partial charge in [-0.2, -0.15) is 0 Å². The summed E-state index contributed by atoms with van der Waals surface area (Å²) in [6, 6.07) is -5.39. The first kappa shape index (κ1) is 32.0. The molecule has 14 N–H and O–H groups in total. The van der Waals surface area contributed by atoms with Gasteiger partial charge < -0.3 is 49.7 Å². The predicted octanol–water partition coefficient (Wildman–Crippen LogP) is -4.30. The molecule has 0 heterocycles. The summed E-state index contributed by atoms with van der Waals surface area (Å²) in [4.78, 5) is 75.9. The molecule has 5 atom stereocenters. The average Bonchev–Trinajstić information content (AvgIpc) is 2.77. The lowest BCUT2D eigenvalue weighted by Crippen LogP contribution is -2.59. The van der Waals surface area contributed by atoms with Crippen molar-refractivity contribution in [3.05, 3.63) is 0 Å². The SMILES string of the molecule is CCC(C)C(NC(=O)C(CC(N)=O)NC(=O)C(N)CCCN=C(N)N)C(=O)NC(CC(N)=O)C(=O)O. The van der Waals surface area contributed by atoms with Crippen LogP contribution in [0, 0.1) is 5.92 Å². The zero-order chi connectivity index (χ0) is 28.0. The molecule has 0 aliphatic heterocycles. The van der Waals surface area contributed by atoms with Gasteiger partial charge in [0, 0.05) is 6.54 Å². The highest BCUT2D eigenvalue weighted by molar-refractivity contribution is 5.96. The number of carbonyl (C=O) groups excluding carboxylic acids is 5. The van der Waals surface area contributed by atoms with Crippen molar-refractivity contribution >= 4 is 41.5 Å². The third-order valence-electron chi connectivity index (χ3n) is 5.16. The van der Waals surface area contributed by atoms with Crippen LogP contribution in [0.4, 0.5) is 0 Å². The Morgan fingerprint density at radius 3 is 1.83 bits per heavy atom. The minimum absolute atomic E-state index is 0.115. The molecular weight excluding hydrogens is 478 g/mol. The van der Waals surface area contributed by atoms with Crippen molar-refractivity contribution in [3.63, 3.8) is 0 Å². The van der Waals surface area contributed by atoms with Gasteiger partial charge in [0.25, 0.3) is 0 Å². The summed E-state index contributed by atoms with van der Waals surface area (Å²) in [6.07, 6.45) is -0.330. The first-order chi connectivity index (χ1) is 16.7. The van der Waals surface area contributed by atoms with Crippen LogP contribution in [0.2, 0.25) is 0 Å². The standard InChI is InChI=1S/C20H37N9O7/c1-3-9(2)15(18(34)28-12(19(35)36)8-14(23)31)29-17(33)11(7-13(22)30)27-16(32)10(21)5-4-6-26-20(24)25/h9-12,15H,3-8,21H2,1-2H3,(H2,22,30)(H2,23,31)(H,27,32)(H,28,34)(H,29,33)(H,35,36)(H4,24,25,26). The van der Waals surface area contributed by atoms with E-state index in [0.29, 0.717) is 12.8 Å². The van der Waals surface area contributed by atoms with Crippen LogP contribution >= 0.6 is 0 Å². The summed E-state index contributed by atoms with van der Waals surface area (Å²) >= 11 is 0. The van der Waals surface area contributed by atoms with E-state index in [-0.39, 0.29) is 18.9 Å². The fourth-order valence-electron chi connectivity index (χ4n) is 2.96. The summed E-state index contributed by atoms with van der Waals surface area (Å²) < 4.78 is 0. The summed E-state index contributed by atoms with van der Waals surface area (Å²) in [5, 5.41) is 16.1. The maximum absolute atomic E-state index is 12.9. The molecule has 0 saturated carbocycles. The molecule has 0 radical (unpaired) electrons. The Hall–Kier alpha value is -3.95. The van der Waals surface area contributed by atoms with Crippen LogP contribution in [0.1, 0.15) is 46.0 Å². The lowest BCUT2D eigenvalue weighted by Gasteiger charge is -2.27. The number of carboxylic acids is 1. The molecule has 0 aromatic heterocycles. The zero-order valence-electron chi connectivity index (χ0n) is 20.4. The first-order valence-electron chi connectivity index (χ1n) is 11.2. The van der Waals surface area contributed by atoms with Crippen molar-refractivity contribution in [1.29, 1.82) is 0 Å². The number of amides is 5. The molecule has 0 aliphatic carbocycles. The second kappa shape index (κ2) is 15.9. The topological polar surface area (TPSA) is 301 Å². The van der Waals surface area contributed by atoms with Crippen LogP contribution in [-0.4, -0.2) is 77.3 Å². The number of carbonyl (C=O) groups is 6. The quantitative estimate of drug-likeness (QED) is 0.0509. The molecular formula is C20H37N9O7. The maximum Gasteiger partial charge on any atom is 0.326 e. The molecule has 0 spiro atoms.